The average Bonchev–Trinajstić information content (AvgIpc) is 3.01. The molecule has 0 bridgehead atoms. The summed E-state index contributed by atoms with van der Waals surface area (Å²) in [5, 5.41) is 7.68. The van der Waals surface area contributed by atoms with Gasteiger partial charge < -0.3 is 16.0 Å². The van der Waals surface area contributed by atoms with Gasteiger partial charge >= 0.3 is 0 Å². The fraction of sp³-hybridized carbons (Fsp3) is 0.158. The van der Waals surface area contributed by atoms with Gasteiger partial charge in [0, 0.05) is 25.5 Å². The minimum atomic E-state index is -0.0502. The van der Waals surface area contributed by atoms with E-state index in [-0.39, 0.29) is 12.0 Å². The molecule has 2 aromatic carbocycles. The number of nitrogen functional groups attached to an aromatic ring is 1. The summed E-state index contributed by atoms with van der Waals surface area (Å²) >= 11 is 0. The van der Waals surface area contributed by atoms with Crippen molar-refractivity contribution in [3.05, 3.63) is 71.8 Å². The topological polar surface area (TPSA) is 72.0 Å². The summed E-state index contributed by atoms with van der Waals surface area (Å²) in [6.45, 7) is 0. The van der Waals surface area contributed by atoms with E-state index in [4.69, 9.17) is 5.73 Å². The summed E-state index contributed by atoms with van der Waals surface area (Å²) in [7, 11) is 4.06. The van der Waals surface area contributed by atoms with E-state index in [1.807, 2.05) is 37.0 Å². The molecule has 0 fully saturated rings. The summed E-state index contributed by atoms with van der Waals surface area (Å²) < 4.78 is 1.82. The van der Waals surface area contributed by atoms with Crippen molar-refractivity contribution in [3.8, 4) is 0 Å². The highest BCUT2D eigenvalue weighted by Crippen LogP contribution is 2.33. The lowest BCUT2D eigenvalue weighted by Gasteiger charge is -2.24. The van der Waals surface area contributed by atoms with Crippen LogP contribution in [0.25, 0.3) is 5.70 Å². The van der Waals surface area contributed by atoms with Crippen molar-refractivity contribution in [2.75, 3.05) is 30.0 Å². The fourth-order valence-electron chi connectivity index (χ4n) is 3.00. The summed E-state index contributed by atoms with van der Waals surface area (Å²) in [6.07, 6.45) is 2.15. The van der Waals surface area contributed by atoms with Crippen LogP contribution in [0.5, 0.6) is 0 Å². The summed E-state index contributed by atoms with van der Waals surface area (Å²) in [5.41, 5.74) is 10.2. The maximum absolute atomic E-state index is 5.82. The number of hydrogen-bond acceptors (Lipinski definition) is 5. The van der Waals surface area contributed by atoms with E-state index in [1.165, 1.54) is 0 Å². The molecule has 0 radical (unpaired) electrons. The SMILES string of the molecule is CN(C)c1ccc(C2=CC(c3ccccc3)n3nc(N)nc3N2)cc1. The molecule has 25 heavy (non-hydrogen) atoms. The number of anilines is 3. The largest absolute Gasteiger partial charge is 0.378 e. The van der Waals surface area contributed by atoms with Crippen LogP contribution in [0.2, 0.25) is 0 Å². The first kappa shape index (κ1) is 15.3. The van der Waals surface area contributed by atoms with Crippen LogP contribution in [-0.2, 0) is 0 Å². The molecule has 6 heteroatoms. The maximum atomic E-state index is 5.82. The molecule has 3 N–H and O–H groups in total. The van der Waals surface area contributed by atoms with Gasteiger partial charge in [-0.15, -0.1) is 5.10 Å². The van der Waals surface area contributed by atoms with Gasteiger partial charge in [-0.25, -0.2) is 4.68 Å². The van der Waals surface area contributed by atoms with Gasteiger partial charge in [-0.3, -0.25) is 0 Å². The Morgan fingerprint density at radius 2 is 1.76 bits per heavy atom. The number of rotatable bonds is 3. The molecule has 6 nitrogen and oxygen atoms in total. The lowest BCUT2D eigenvalue weighted by Crippen LogP contribution is -2.20. The van der Waals surface area contributed by atoms with Gasteiger partial charge in [0.05, 0.1) is 0 Å². The number of nitrogens with one attached hydrogen (secondary N) is 1. The highest BCUT2D eigenvalue weighted by molar-refractivity contribution is 5.78. The van der Waals surface area contributed by atoms with E-state index in [2.05, 4.69) is 62.8 Å². The van der Waals surface area contributed by atoms with E-state index in [1.54, 1.807) is 0 Å². The second-order valence-electron chi connectivity index (χ2n) is 6.24. The molecule has 1 aromatic heterocycles. The van der Waals surface area contributed by atoms with Crippen molar-refractivity contribution < 1.29 is 0 Å². The predicted octanol–water partition coefficient (Wildman–Crippen LogP) is 2.98. The second kappa shape index (κ2) is 5.98. The zero-order valence-electron chi connectivity index (χ0n) is 14.2. The lowest BCUT2D eigenvalue weighted by molar-refractivity contribution is 0.614. The molecule has 2 heterocycles. The minimum Gasteiger partial charge on any atom is -0.378 e. The third-order valence-electron chi connectivity index (χ3n) is 4.32. The first-order chi connectivity index (χ1) is 12.1. The lowest BCUT2D eigenvalue weighted by atomic mass is 10.0. The zero-order valence-corrected chi connectivity index (χ0v) is 14.2. The standard InChI is InChI=1S/C19H20N6/c1-24(2)15-10-8-13(9-11-15)16-12-17(14-6-4-3-5-7-14)25-19(21-16)22-18(20)23-25/h3-12,17H,1-2H3,(H3,20,21,22,23). The molecular weight excluding hydrogens is 312 g/mol. The molecule has 4 rings (SSSR count). The monoisotopic (exact) mass is 332 g/mol. The first-order valence-corrected chi connectivity index (χ1v) is 8.15. The van der Waals surface area contributed by atoms with Gasteiger partial charge in [0.1, 0.15) is 6.04 Å². The van der Waals surface area contributed by atoms with Crippen LogP contribution in [-0.4, -0.2) is 28.9 Å². The van der Waals surface area contributed by atoms with Crippen LogP contribution in [0, 0.1) is 0 Å². The highest BCUT2D eigenvalue weighted by Gasteiger charge is 2.24. The van der Waals surface area contributed by atoms with Crippen LogP contribution in [0.4, 0.5) is 17.6 Å². The molecule has 1 aliphatic rings. The number of nitrogens with two attached hydrogens (primary N) is 1. The summed E-state index contributed by atoms with van der Waals surface area (Å²) in [5.74, 6) is 0.918. The molecule has 1 atom stereocenters. The van der Waals surface area contributed by atoms with Crippen molar-refractivity contribution in [2.45, 2.75) is 6.04 Å². The van der Waals surface area contributed by atoms with Crippen LogP contribution >= 0.6 is 0 Å². The number of hydrogen-bond donors (Lipinski definition) is 2. The van der Waals surface area contributed by atoms with E-state index in [0.717, 1.165) is 22.5 Å². The van der Waals surface area contributed by atoms with E-state index in [9.17, 15) is 0 Å². The Kier molecular flexibility index (Phi) is 3.65. The molecule has 0 amide bonds. The number of aromatic nitrogens is 3. The van der Waals surface area contributed by atoms with Crippen molar-refractivity contribution in [1.82, 2.24) is 14.8 Å². The van der Waals surface area contributed by atoms with Gasteiger partial charge in [0.15, 0.2) is 0 Å². The average molecular weight is 332 g/mol. The van der Waals surface area contributed by atoms with Crippen LogP contribution in [0.3, 0.4) is 0 Å². The molecule has 126 valence electrons. The normalized spacial score (nSPS) is 15.9. The Hall–Kier alpha value is -3.28. The van der Waals surface area contributed by atoms with Crippen molar-refractivity contribution in [1.29, 1.82) is 0 Å². The van der Waals surface area contributed by atoms with Crippen molar-refractivity contribution in [2.24, 2.45) is 0 Å². The molecule has 0 saturated carbocycles. The highest BCUT2D eigenvalue weighted by atomic mass is 15.4. The van der Waals surface area contributed by atoms with Gasteiger partial charge in [0.2, 0.25) is 11.9 Å². The quantitative estimate of drug-likeness (QED) is 0.771. The Labute approximate surface area is 146 Å². The van der Waals surface area contributed by atoms with Crippen molar-refractivity contribution in [3.63, 3.8) is 0 Å². The van der Waals surface area contributed by atoms with Crippen LogP contribution in [0.1, 0.15) is 17.2 Å². The number of fused-ring (bicyclic) bond motifs is 1. The molecule has 1 aliphatic heterocycles. The van der Waals surface area contributed by atoms with Gasteiger partial charge in [-0.2, -0.15) is 4.98 Å². The Morgan fingerprint density at radius 1 is 1.04 bits per heavy atom. The Bertz CT molecular complexity index is 909. The Morgan fingerprint density at radius 3 is 2.44 bits per heavy atom. The number of benzene rings is 2. The third-order valence-corrected chi connectivity index (χ3v) is 4.32. The smallest absolute Gasteiger partial charge is 0.241 e. The second-order valence-corrected chi connectivity index (χ2v) is 6.24. The van der Waals surface area contributed by atoms with E-state index >= 15 is 0 Å². The molecule has 3 aromatic rings. The molecule has 0 spiro atoms. The van der Waals surface area contributed by atoms with Crippen LogP contribution < -0.4 is 16.0 Å². The summed E-state index contributed by atoms with van der Waals surface area (Å²) in [4.78, 5) is 6.40. The number of nitrogens with zero attached hydrogens (tertiary/aromatic N) is 4. The Balaban J connectivity index is 1.77. The minimum absolute atomic E-state index is 0.0502. The summed E-state index contributed by atoms with van der Waals surface area (Å²) in [6, 6.07) is 18.6. The van der Waals surface area contributed by atoms with Crippen molar-refractivity contribution >= 4 is 23.3 Å². The zero-order chi connectivity index (χ0) is 17.4. The molecule has 0 saturated heterocycles. The van der Waals surface area contributed by atoms with Crippen LogP contribution in [0.15, 0.2) is 60.7 Å². The molecular formula is C19H20N6. The van der Waals surface area contributed by atoms with Gasteiger partial charge in [-0.05, 0) is 29.3 Å². The molecule has 1 unspecified atom stereocenters. The van der Waals surface area contributed by atoms with E-state index in [0.29, 0.717) is 5.95 Å². The fourth-order valence-corrected chi connectivity index (χ4v) is 3.00. The predicted molar refractivity (Wildman–Crippen MR) is 101 cm³/mol. The first-order valence-electron chi connectivity index (χ1n) is 8.15. The molecule has 0 aliphatic carbocycles. The van der Waals surface area contributed by atoms with Gasteiger partial charge in [-0.1, -0.05) is 42.5 Å². The number of allylic oxidation sites excluding steroid dienone is 1. The third kappa shape index (κ3) is 2.82. The maximum Gasteiger partial charge on any atom is 0.241 e. The van der Waals surface area contributed by atoms with Gasteiger partial charge in [0.25, 0.3) is 0 Å². The van der Waals surface area contributed by atoms with E-state index < -0.39 is 0 Å².